The Morgan fingerprint density at radius 3 is 3.04 bits per heavy atom. The molecule has 0 aliphatic carbocycles. The van der Waals surface area contributed by atoms with E-state index in [1.54, 1.807) is 23.2 Å². The van der Waals surface area contributed by atoms with Crippen LogP contribution in [0.25, 0.3) is 0 Å². The molecule has 0 saturated carbocycles. The molecule has 2 aliphatic rings. The van der Waals surface area contributed by atoms with Crippen LogP contribution < -0.4 is 10.6 Å². The molecule has 0 spiro atoms. The monoisotopic (exact) mass is 342 g/mol. The van der Waals surface area contributed by atoms with E-state index < -0.39 is 30.2 Å². The summed E-state index contributed by atoms with van der Waals surface area (Å²) in [5.74, 6) is -2.68. The maximum absolute atomic E-state index is 13.2. The summed E-state index contributed by atoms with van der Waals surface area (Å²) in [6.45, 7) is 0.314. The van der Waals surface area contributed by atoms with E-state index in [2.05, 4.69) is 15.6 Å². The second-order valence-corrected chi connectivity index (χ2v) is 6.15. The zero-order chi connectivity index (χ0) is 17.2. The number of anilines is 1. The average molecular weight is 342 g/mol. The number of likely N-dealkylation sites (tertiary alicyclic amines) is 1. The number of aliphatic hydroxyl groups excluding tert-OH is 1. The van der Waals surface area contributed by atoms with E-state index in [1.807, 2.05) is 0 Å². The van der Waals surface area contributed by atoms with Crippen molar-refractivity contribution in [3.8, 4) is 0 Å². The molecule has 0 bridgehead atoms. The third-order valence-electron chi connectivity index (χ3n) is 4.21. The number of amides is 2. The van der Waals surface area contributed by atoms with Gasteiger partial charge in [0.2, 0.25) is 0 Å². The molecule has 3 unspecified atom stereocenters. The smallest absolute Gasteiger partial charge is 0.319 e. The number of aliphatic hydroxyl groups is 1. The quantitative estimate of drug-likeness (QED) is 0.749. The lowest BCUT2D eigenvalue weighted by molar-refractivity contribution is -0.00727. The molecule has 3 rings (SSSR count). The van der Waals surface area contributed by atoms with Crippen LogP contribution in [0.3, 0.4) is 0 Å². The Morgan fingerprint density at radius 1 is 1.54 bits per heavy atom. The lowest BCUT2D eigenvalue weighted by Crippen LogP contribution is -2.48. The molecule has 0 aromatic carbocycles. The highest BCUT2D eigenvalue weighted by atomic mass is 19.3. The number of nitrogens with zero attached hydrogens (tertiary/aromatic N) is 2. The highest BCUT2D eigenvalue weighted by Crippen LogP contribution is 2.28. The highest BCUT2D eigenvalue weighted by molar-refractivity contribution is 5.89. The van der Waals surface area contributed by atoms with Crippen molar-refractivity contribution in [2.45, 2.75) is 30.6 Å². The number of aromatic nitrogens is 1. The van der Waals surface area contributed by atoms with Gasteiger partial charge < -0.3 is 20.5 Å². The van der Waals surface area contributed by atoms with E-state index in [1.165, 1.54) is 6.20 Å². The molecule has 7 nitrogen and oxygen atoms in total. The Labute approximate surface area is 138 Å². The topological polar surface area (TPSA) is 86.7 Å². The summed E-state index contributed by atoms with van der Waals surface area (Å²) in [5, 5.41) is 15.5. The Balaban J connectivity index is 1.47. The number of carbonyl (C=O) groups excluding carboxylic acids is 1. The summed E-state index contributed by atoms with van der Waals surface area (Å²) in [4.78, 5) is 17.4. The van der Waals surface area contributed by atoms with Gasteiger partial charge >= 0.3 is 6.03 Å². The van der Waals surface area contributed by atoms with Gasteiger partial charge in [-0.2, -0.15) is 0 Å². The van der Waals surface area contributed by atoms with E-state index in [0.29, 0.717) is 5.69 Å². The lowest BCUT2D eigenvalue weighted by atomic mass is 10.1. The zero-order valence-corrected chi connectivity index (χ0v) is 13.0. The normalized spacial score (nSPS) is 29.5. The second-order valence-electron chi connectivity index (χ2n) is 6.15. The lowest BCUT2D eigenvalue weighted by Gasteiger charge is -2.23. The van der Waals surface area contributed by atoms with Crippen LogP contribution in [0, 0.1) is 0 Å². The molecule has 2 amide bonds. The van der Waals surface area contributed by atoms with Crippen molar-refractivity contribution < 1.29 is 23.4 Å². The Kier molecular flexibility index (Phi) is 4.93. The van der Waals surface area contributed by atoms with Gasteiger partial charge in [-0.25, -0.2) is 13.6 Å². The average Bonchev–Trinajstić information content (AvgIpc) is 3.05. The van der Waals surface area contributed by atoms with Crippen molar-refractivity contribution in [1.82, 2.24) is 15.2 Å². The van der Waals surface area contributed by atoms with Crippen LogP contribution in [0.5, 0.6) is 0 Å². The minimum atomic E-state index is -2.68. The Morgan fingerprint density at radius 2 is 2.38 bits per heavy atom. The summed E-state index contributed by atoms with van der Waals surface area (Å²) in [6.07, 6.45) is 1.37. The first-order chi connectivity index (χ1) is 11.4. The van der Waals surface area contributed by atoms with Gasteiger partial charge in [0, 0.05) is 25.7 Å². The van der Waals surface area contributed by atoms with Crippen LogP contribution in [0.15, 0.2) is 24.5 Å². The van der Waals surface area contributed by atoms with Gasteiger partial charge in [0.15, 0.2) is 0 Å². The maximum Gasteiger partial charge on any atom is 0.319 e. The molecule has 24 heavy (non-hydrogen) atoms. The standard InChI is InChI=1S/C15H20F2N4O3/c16-15(17)3-5-21(9-15)7-12-13(22)11(8-24-12)20-14(23)19-10-2-1-4-18-6-10/h1-2,4,6,11-13,22H,3,5,7-9H2,(H2,19,20,23). The number of hydrogen-bond acceptors (Lipinski definition) is 5. The van der Waals surface area contributed by atoms with Crippen LogP contribution in [0.2, 0.25) is 0 Å². The van der Waals surface area contributed by atoms with E-state index in [9.17, 15) is 18.7 Å². The van der Waals surface area contributed by atoms with Gasteiger partial charge in [-0.05, 0) is 12.1 Å². The molecule has 3 N–H and O–H groups in total. The van der Waals surface area contributed by atoms with Gasteiger partial charge in [0.25, 0.3) is 5.92 Å². The molecule has 3 heterocycles. The number of hydrogen-bond donors (Lipinski definition) is 3. The number of carbonyl (C=O) groups is 1. The zero-order valence-electron chi connectivity index (χ0n) is 13.0. The molecular weight excluding hydrogens is 322 g/mol. The number of nitrogens with one attached hydrogen (secondary N) is 2. The highest BCUT2D eigenvalue weighted by Gasteiger charge is 2.42. The maximum atomic E-state index is 13.2. The van der Waals surface area contributed by atoms with Crippen LogP contribution in [-0.4, -0.2) is 71.4 Å². The number of alkyl halides is 2. The predicted octanol–water partition coefficient (Wildman–Crippen LogP) is 0.672. The van der Waals surface area contributed by atoms with Gasteiger partial charge in [0.05, 0.1) is 37.2 Å². The predicted molar refractivity (Wildman–Crippen MR) is 81.9 cm³/mol. The fourth-order valence-electron chi connectivity index (χ4n) is 2.96. The van der Waals surface area contributed by atoms with E-state index in [4.69, 9.17) is 4.74 Å². The number of pyridine rings is 1. The first-order valence-electron chi connectivity index (χ1n) is 7.80. The fraction of sp³-hybridized carbons (Fsp3) is 0.600. The number of ether oxygens (including phenoxy) is 1. The third-order valence-corrected chi connectivity index (χ3v) is 4.21. The van der Waals surface area contributed by atoms with Crippen LogP contribution in [0.4, 0.5) is 19.3 Å². The molecule has 3 atom stereocenters. The molecule has 132 valence electrons. The van der Waals surface area contributed by atoms with E-state index in [0.717, 1.165) is 0 Å². The largest absolute Gasteiger partial charge is 0.388 e. The minimum absolute atomic E-state index is 0.135. The van der Waals surface area contributed by atoms with Crippen molar-refractivity contribution in [2.75, 3.05) is 31.6 Å². The first kappa shape index (κ1) is 17.0. The molecule has 1 aromatic heterocycles. The molecule has 9 heteroatoms. The molecule has 0 radical (unpaired) electrons. The van der Waals surface area contributed by atoms with Crippen molar-refractivity contribution in [1.29, 1.82) is 0 Å². The number of rotatable bonds is 4. The number of urea groups is 1. The van der Waals surface area contributed by atoms with Crippen molar-refractivity contribution >= 4 is 11.7 Å². The van der Waals surface area contributed by atoms with E-state index >= 15 is 0 Å². The number of halogens is 2. The molecular formula is C15H20F2N4O3. The van der Waals surface area contributed by atoms with Crippen LogP contribution in [0.1, 0.15) is 6.42 Å². The molecule has 2 fully saturated rings. The van der Waals surface area contributed by atoms with E-state index in [-0.39, 0.29) is 32.7 Å². The summed E-state index contributed by atoms with van der Waals surface area (Å²) in [7, 11) is 0. The first-order valence-corrected chi connectivity index (χ1v) is 7.80. The summed E-state index contributed by atoms with van der Waals surface area (Å²) >= 11 is 0. The third kappa shape index (κ3) is 4.16. The second kappa shape index (κ2) is 6.96. The SMILES string of the molecule is O=C(Nc1cccnc1)NC1COC(CN2CCC(F)(F)C2)C1O. The molecule has 2 saturated heterocycles. The molecule has 1 aromatic rings. The Hall–Kier alpha value is -1.84. The Bertz CT molecular complexity index is 575. The van der Waals surface area contributed by atoms with Gasteiger partial charge in [0.1, 0.15) is 6.10 Å². The fourth-order valence-corrected chi connectivity index (χ4v) is 2.96. The van der Waals surface area contributed by atoms with Crippen LogP contribution in [-0.2, 0) is 4.74 Å². The van der Waals surface area contributed by atoms with Crippen molar-refractivity contribution in [3.05, 3.63) is 24.5 Å². The van der Waals surface area contributed by atoms with Crippen molar-refractivity contribution in [2.24, 2.45) is 0 Å². The summed E-state index contributed by atoms with van der Waals surface area (Å²) < 4.78 is 31.9. The van der Waals surface area contributed by atoms with Gasteiger partial charge in [-0.1, -0.05) is 0 Å². The van der Waals surface area contributed by atoms with Gasteiger partial charge in [-0.3, -0.25) is 9.88 Å². The summed E-state index contributed by atoms with van der Waals surface area (Å²) in [6, 6.07) is 2.30. The minimum Gasteiger partial charge on any atom is -0.388 e. The molecule has 2 aliphatic heterocycles. The summed E-state index contributed by atoms with van der Waals surface area (Å²) in [5.41, 5.74) is 0.527. The van der Waals surface area contributed by atoms with Gasteiger partial charge in [-0.15, -0.1) is 0 Å². The van der Waals surface area contributed by atoms with Crippen molar-refractivity contribution in [3.63, 3.8) is 0 Å². The van der Waals surface area contributed by atoms with Crippen LogP contribution >= 0.6 is 0 Å².